The molecular formula is C18H20N2O5. The molecule has 0 atom stereocenters. The lowest BCUT2D eigenvalue weighted by Gasteiger charge is -2.17. The Hall–Kier alpha value is -3.09. The number of methoxy groups -OCH3 is 2. The molecule has 7 nitrogen and oxygen atoms in total. The lowest BCUT2D eigenvalue weighted by atomic mass is 10.1. The number of hydrogen-bond donors (Lipinski definition) is 0. The Kier molecular flexibility index (Phi) is 5.94. The molecule has 1 amide bonds. The summed E-state index contributed by atoms with van der Waals surface area (Å²) in [5.41, 5.74) is 1.39. The van der Waals surface area contributed by atoms with Crippen LogP contribution in [0.15, 0.2) is 42.5 Å². The number of hydrogen-bond acceptors (Lipinski definition) is 5. The molecule has 2 rings (SSSR count). The zero-order valence-electron chi connectivity index (χ0n) is 14.4. The van der Waals surface area contributed by atoms with E-state index in [4.69, 9.17) is 9.47 Å². The average Bonchev–Trinajstić information content (AvgIpc) is 2.65. The molecule has 2 aromatic carbocycles. The quantitative estimate of drug-likeness (QED) is 0.570. The summed E-state index contributed by atoms with van der Waals surface area (Å²) in [5.74, 6) is 1.11. The van der Waals surface area contributed by atoms with Crippen LogP contribution in [0, 0.1) is 10.1 Å². The first-order chi connectivity index (χ1) is 12.0. The number of amides is 1. The van der Waals surface area contributed by atoms with E-state index in [0.717, 1.165) is 5.56 Å². The van der Waals surface area contributed by atoms with Crippen LogP contribution in [0.2, 0.25) is 0 Å². The molecule has 2 aromatic rings. The summed E-state index contributed by atoms with van der Waals surface area (Å²) in [6.07, 6.45) is 0.648. The molecule has 0 spiro atoms. The standard InChI is InChI=1S/C18H20N2O5/c1-19(18(21)14-5-7-15(8-6-14)20(22)23)11-10-13-4-9-16(24-2)17(12-13)25-3/h4-9,12H,10-11H2,1-3H3. The highest BCUT2D eigenvalue weighted by Crippen LogP contribution is 2.27. The van der Waals surface area contributed by atoms with E-state index in [1.807, 2.05) is 18.2 Å². The fourth-order valence-corrected chi connectivity index (χ4v) is 2.38. The van der Waals surface area contributed by atoms with Gasteiger partial charge in [-0.3, -0.25) is 14.9 Å². The van der Waals surface area contributed by atoms with Gasteiger partial charge in [-0.2, -0.15) is 0 Å². The van der Waals surface area contributed by atoms with Crippen molar-refractivity contribution in [2.45, 2.75) is 6.42 Å². The van der Waals surface area contributed by atoms with Crippen molar-refractivity contribution in [1.29, 1.82) is 0 Å². The number of non-ortho nitro benzene ring substituents is 1. The summed E-state index contributed by atoms with van der Waals surface area (Å²) < 4.78 is 10.5. The summed E-state index contributed by atoms with van der Waals surface area (Å²) in [4.78, 5) is 24.1. The van der Waals surface area contributed by atoms with Crippen LogP contribution >= 0.6 is 0 Å². The SMILES string of the molecule is COc1ccc(CCN(C)C(=O)c2ccc([N+](=O)[O-])cc2)cc1OC. The molecule has 0 aliphatic rings. The van der Waals surface area contributed by atoms with E-state index >= 15 is 0 Å². The van der Waals surface area contributed by atoms with Crippen molar-refractivity contribution in [3.05, 3.63) is 63.7 Å². The molecule has 0 N–H and O–H groups in total. The maximum absolute atomic E-state index is 12.4. The van der Waals surface area contributed by atoms with Gasteiger partial charge in [0.1, 0.15) is 0 Å². The minimum atomic E-state index is -0.491. The maximum atomic E-state index is 12.4. The van der Waals surface area contributed by atoms with E-state index in [1.54, 1.807) is 26.2 Å². The van der Waals surface area contributed by atoms with Crippen molar-refractivity contribution in [2.24, 2.45) is 0 Å². The van der Waals surface area contributed by atoms with Crippen molar-refractivity contribution in [1.82, 2.24) is 4.90 Å². The van der Waals surface area contributed by atoms with Gasteiger partial charge >= 0.3 is 0 Å². The number of nitrogens with zero attached hydrogens (tertiary/aromatic N) is 2. The molecule has 0 aliphatic carbocycles. The van der Waals surface area contributed by atoms with E-state index < -0.39 is 4.92 Å². The Labute approximate surface area is 145 Å². The third kappa shape index (κ3) is 4.47. The molecule has 0 saturated heterocycles. The highest BCUT2D eigenvalue weighted by molar-refractivity contribution is 5.94. The van der Waals surface area contributed by atoms with Crippen molar-refractivity contribution in [3.63, 3.8) is 0 Å². The zero-order chi connectivity index (χ0) is 18.4. The summed E-state index contributed by atoms with van der Waals surface area (Å²) in [7, 11) is 4.85. The molecule has 0 aliphatic heterocycles. The van der Waals surface area contributed by atoms with Gasteiger partial charge in [0.05, 0.1) is 19.1 Å². The first kappa shape index (κ1) is 18.3. The molecule has 0 heterocycles. The Balaban J connectivity index is 2.00. The van der Waals surface area contributed by atoms with E-state index in [0.29, 0.717) is 30.0 Å². The van der Waals surface area contributed by atoms with Crippen LogP contribution in [0.25, 0.3) is 0 Å². The monoisotopic (exact) mass is 344 g/mol. The first-order valence-corrected chi connectivity index (χ1v) is 7.67. The van der Waals surface area contributed by atoms with Crippen LogP contribution in [0.3, 0.4) is 0 Å². The van der Waals surface area contributed by atoms with E-state index in [9.17, 15) is 14.9 Å². The van der Waals surface area contributed by atoms with E-state index in [-0.39, 0.29) is 11.6 Å². The largest absolute Gasteiger partial charge is 0.493 e. The molecule has 25 heavy (non-hydrogen) atoms. The smallest absolute Gasteiger partial charge is 0.269 e. The van der Waals surface area contributed by atoms with Crippen molar-refractivity contribution in [2.75, 3.05) is 27.8 Å². The minimum absolute atomic E-state index is 0.0375. The number of carbonyl (C=O) groups is 1. The second-order valence-corrected chi connectivity index (χ2v) is 5.47. The third-order valence-corrected chi connectivity index (χ3v) is 3.86. The van der Waals surface area contributed by atoms with Crippen molar-refractivity contribution >= 4 is 11.6 Å². The Morgan fingerprint density at radius 3 is 2.28 bits per heavy atom. The molecule has 0 radical (unpaired) electrons. The first-order valence-electron chi connectivity index (χ1n) is 7.67. The normalized spacial score (nSPS) is 10.2. The maximum Gasteiger partial charge on any atom is 0.269 e. The number of nitro benzene ring substituents is 1. The summed E-state index contributed by atoms with van der Waals surface area (Å²) >= 11 is 0. The number of benzene rings is 2. The van der Waals surface area contributed by atoms with Crippen LogP contribution in [0.5, 0.6) is 11.5 Å². The van der Waals surface area contributed by atoms with Gasteiger partial charge in [0.2, 0.25) is 0 Å². The van der Waals surface area contributed by atoms with Gasteiger partial charge in [0.25, 0.3) is 11.6 Å². The highest BCUT2D eigenvalue weighted by Gasteiger charge is 2.14. The second-order valence-electron chi connectivity index (χ2n) is 5.47. The van der Waals surface area contributed by atoms with Gasteiger partial charge in [-0.15, -0.1) is 0 Å². The lowest BCUT2D eigenvalue weighted by Crippen LogP contribution is -2.28. The number of nitro groups is 1. The Morgan fingerprint density at radius 1 is 1.08 bits per heavy atom. The molecule has 0 aromatic heterocycles. The molecule has 0 saturated carbocycles. The summed E-state index contributed by atoms with van der Waals surface area (Å²) in [5, 5.41) is 10.7. The Morgan fingerprint density at radius 2 is 1.72 bits per heavy atom. The van der Waals surface area contributed by atoms with E-state index in [2.05, 4.69) is 0 Å². The molecule has 7 heteroatoms. The third-order valence-electron chi connectivity index (χ3n) is 3.86. The predicted molar refractivity (Wildman–Crippen MR) is 93.3 cm³/mol. The zero-order valence-corrected chi connectivity index (χ0v) is 14.4. The second kappa shape index (κ2) is 8.14. The molecule has 0 fully saturated rings. The minimum Gasteiger partial charge on any atom is -0.493 e. The molecule has 0 unspecified atom stereocenters. The van der Waals surface area contributed by atoms with Gasteiger partial charge in [-0.05, 0) is 36.2 Å². The number of rotatable bonds is 7. The predicted octanol–water partition coefficient (Wildman–Crippen LogP) is 2.93. The van der Waals surface area contributed by atoms with Gasteiger partial charge in [-0.1, -0.05) is 6.07 Å². The van der Waals surface area contributed by atoms with E-state index in [1.165, 1.54) is 24.3 Å². The summed E-state index contributed by atoms with van der Waals surface area (Å²) in [6.45, 7) is 0.505. The number of carbonyl (C=O) groups excluding carboxylic acids is 1. The fourth-order valence-electron chi connectivity index (χ4n) is 2.38. The van der Waals surface area contributed by atoms with Gasteiger partial charge in [0, 0.05) is 31.3 Å². The van der Waals surface area contributed by atoms with Crippen molar-refractivity contribution < 1.29 is 19.2 Å². The van der Waals surface area contributed by atoms with Crippen LogP contribution in [-0.2, 0) is 6.42 Å². The van der Waals surface area contributed by atoms with Crippen molar-refractivity contribution in [3.8, 4) is 11.5 Å². The number of likely N-dealkylation sites (N-methyl/N-ethyl adjacent to an activating group) is 1. The highest BCUT2D eigenvalue weighted by atomic mass is 16.6. The molecular weight excluding hydrogens is 324 g/mol. The molecule has 132 valence electrons. The fraction of sp³-hybridized carbons (Fsp3) is 0.278. The van der Waals surface area contributed by atoms with Gasteiger partial charge < -0.3 is 14.4 Å². The van der Waals surface area contributed by atoms with Crippen LogP contribution in [0.4, 0.5) is 5.69 Å². The average molecular weight is 344 g/mol. The van der Waals surface area contributed by atoms with Crippen LogP contribution in [0.1, 0.15) is 15.9 Å². The van der Waals surface area contributed by atoms with Crippen LogP contribution in [-0.4, -0.2) is 43.5 Å². The summed E-state index contributed by atoms with van der Waals surface area (Å²) in [6, 6.07) is 11.2. The topological polar surface area (TPSA) is 81.9 Å². The van der Waals surface area contributed by atoms with Gasteiger partial charge in [0.15, 0.2) is 11.5 Å². The molecule has 0 bridgehead atoms. The Bertz CT molecular complexity index is 759. The number of ether oxygens (including phenoxy) is 2. The lowest BCUT2D eigenvalue weighted by molar-refractivity contribution is -0.384. The van der Waals surface area contributed by atoms with Crippen LogP contribution < -0.4 is 9.47 Å². The van der Waals surface area contributed by atoms with Gasteiger partial charge in [-0.25, -0.2) is 0 Å².